The van der Waals surface area contributed by atoms with Crippen LogP contribution >= 0.6 is 23.5 Å². The van der Waals surface area contributed by atoms with E-state index in [2.05, 4.69) is 14.1 Å². The van der Waals surface area contributed by atoms with Crippen molar-refractivity contribution < 1.29 is 9.59 Å². The number of carbonyl (C=O) groups excluding carboxylic acids is 2. The Bertz CT molecular complexity index is 662. The van der Waals surface area contributed by atoms with Gasteiger partial charge in [0.1, 0.15) is 11.0 Å². The van der Waals surface area contributed by atoms with E-state index in [0.29, 0.717) is 4.91 Å². The first-order chi connectivity index (χ1) is 8.22. The molecule has 2 aromatic rings. The molecule has 0 aliphatic carbocycles. The molecule has 1 N–H and O–H groups in total. The second kappa shape index (κ2) is 3.94. The third kappa shape index (κ3) is 1.94. The molecule has 0 unspecified atom stereocenters. The van der Waals surface area contributed by atoms with Gasteiger partial charge in [0.15, 0.2) is 0 Å². The van der Waals surface area contributed by atoms with E-state index in [0.717, 1.165) is 40.1 Å². The number of fused-ring (bicyclic) bond motifs is 1. The number of thioether (sulfide) groups is 1. The fourth-order valence-electron chi connectivity index (χ4n) is 1.46. The van der Waals surface area contributed by atoms with E-state index in [1.807, 2.05) is 18.2 Å². The summed E-state index contributed by atoms with van der Waals surface area (Å²) in [5, 5.41) is 1.87. The molecule has 1 saturated heterocycles. The summed E-state index contributed by atoms with van der Waals surface area (Å²) in [7, 11) is 0. The van der Waals surface area contributed by atoms with E-state index < -0.39 is 0 Å². The number of benzene rings is 1. The highest BCUT2D eigenvalue weighted by atomic mass is 32.2. The van der Waals surface area contributed by atoms with Gasteiger partial charge in [-0.2, -0.15) is 8.75 Å². The van der Waals surface area contributed by atoms with Crippen LogP contribution in [0.3, 0.4) is 0 Å². The summed E-state index contributed by atoms with van der Waals surface area (Å²) in [6, 6.07) is 5.51. The molecule has 0 spiro atoms. The Kier molecular flexibility index (Phi) is 2.41. The monoisotopic (exact) mass is 263 g/mol. The van der Waals surface area contributed by atoms with Crippen molar-refractivity contribution in [3.05, 3.63) is 28.7 Å². The zero-order chi connectivity index (χ0) is 11.8. The lowest BCUT2D eigenvalue weighted by Gasteiger charge is -1.94. The van der Waals surface area contributed by atoms with Gasteiger partial charge >= 0.3 is 0 Å². The summed E-state index contributed by atoms with van der Waals surface area (Å²) >= 11 is 2.05. The maximum absolute atomic E-state index is 11.4. The van der Waals surface area contributed by atoms with Gasteiger partial charge in [0, 0.05) is 0 Å². The molecular formula is C10H5N3O2S2. The number of aromatic nitrogens is 2. The summed E-state index contributed by atoms with van der Waals surface area (Å²) < 4.78 is 8.20. The van der Waals surface area contributed by atoms with E-state index in [4.69, 9.17) is 0 Å². The predicted octanol–water partition coefficient (Wildman–Crippen LogP) is 2.02. The Morgan fingerprint density at radius 1 is 1.18 bits per heavy atom. The predicted molar refractivity (Wildman–Crippen MR) is 66.5 cm³/mol. The standard InChI is InChI=1S/C10H5N3O2S2/c14-9-8(16-10(15)11-9)4-5-1-2-6-7(3-5)13-17-12-6/h1-4H,(H,11,14,15)/b8-4-. The number of rotatable bonds is 1. The maximum Gasteiger partial charge on any atom is 0.290 e. The summed E-state index contributed by atoms with van der Waals surface area (Å²) in [6.07, 6.45) is 1.67. The SMILES string of the molecule is O=C1NC(=O)/C(=C/c2ccc3nsnc3c2)S1. The molecule has 0 saturated carbocycles. The molecule has 5 nitrogen and oxygen atoms in total. The highest BCUT2D eigenvalue weighted by molar-refractivity contribution is 8.18. The lowest BCUT2D eigenvalue weighted by molar-refractivity contribution is -0.115. The second-order valence-corrected chi connectivity index (χ2v) is 4.91. The number of hydrogen-bond acceptors (Lipinski definition) is 6. The van der Waals surface area contributed by atoms with Crippen molar-refractivity contribution in [1.82, 2.24) is 14.1 Å². The van der Waals surface area contributed by atoms with Crippen molar-refractivity contribution in [1.29, 1.82) is 0 Å². The third-order valence-corrected chi connectivity index (χ3v) is 3.58. The van der Waals surface area contributed by atoms with Crippen molar-refractivity contribution in [3.63, 3.8) is 0 Å². The average Bonchev–Trinajstić information content (AvgIpc) is 2.85. The largest absolute Gasteiger partial charge is 0.290 e. The van der Waals surface area contributed by atoms with Crippen LogP contribution in [0.1, 0.15) is 5.56 Å². The first kappa shape index (κ1) is 10.4. The molecule has 1 fully saturated rings. The molecule has 2 heterocycles. The minimum atomic E-state index is -0.350. The minimum Gasteiger partial charge on any atom is -0.282 e. The second-order valence-electron chi connectivity index (χ2n) is 3.36. The van der Waals surface area contributed by atoms with Crippen LogP contribution in [0.5, 0.6) is 0 Å². The van der Waals surface area contributed by atoms with Crippen LogP contribution in [0.15, 0.2) is 23.1 Å². The van der Waals surface area contributed by atoms with E-state index in [1.54, 1.807) is 6.08 Å². The highest BCUT2D eigenvalue weighted by Crippen LogP contribution is 2.26. The van der Waals surface area contributed by atoms with Gasteiger partial charge in [-0.1, -0.05) is 6.07 Å². The molecule has 2 amide bonds. The van der Waals surface area contributed by atoms with Crippen LogP contribution in [-0.2, 0) is 4.79 Å². The van der Waals surface area contributed by atoms with Gasteiger partial charge in [0.2, 0.25) is 0 Å². The van der Waals surface area contributed by atoms with Crippen LogP contribution < -0.4 is 5.32 Å². The maximum atomic E-state index is 11.4. The molecule has 7 heteroatoms. The summed E-state index contributed by atoms with van der Waals surface area (Å²) in [5.74, 6) is -0.350. The fourth-order valence-corrected chi connectivity index (χ4v) is 2.66. The van der Waals surface area contributed by atoms with Gasteiger partial charge in [-0.05, 0) is 35.5 Å². The topological polar surface area (TPSA) is 72.0 Å². The molecule has 0 radical (unpaired) electrons. The molecule has 84 valence electrons. The van der Waals surface area contributed by atoms with Crippen molar-refractivity contribution in [3.8, 4) is 0 Å². The number of hydrogen-bond donors (Lipinski definition) is 1. The van der Waals surface area contributed by atoms with E-state index in [-0.39, 0.29) is 11.1 Å². The molecule has 1 aliphatic rings. The molecule has 1 aromatic heterocycles. The molecule has 1 aliphatic heterocycles. The Morgan fingerprint density at radius 3 is 2.76 bits per heavy atom. The van der Waals surface area contributed by atoms with Crippen LogP contribution in [0.4, 0.5) is 4.79 Å². The number of carbonyl (C=O) groups is 2. The summed E-state index contributed by atoms with van der Waals surface area (Å²) in [6.45, 7) is 0. The molecule has 3 rings (SSSR count). The number of nitrogens with zero attached hydrogens (tertiary/aromatic N) is 2. The number of imide groups is 1. The number of nitrogens with one attached hydrogen (secondary N) is 1. The van der Waals surface area contributed by atoms with Crippen LogP contribution in [0.2, 0.25) is 0 Å². The first-order valence-corrected chi connectivity index (χ1v) is 6.24. The Morgan fingerprint density at radius 2 is 2.00 bits per heavy atom. The van der Waals surface area contributed by atoms with Crippen molar-refractivity contribution in [2.75, 3.05) is 0 Å². The van der Waals surface area contributed by atoms with Gasteiger partial charge in [-0.25, -0.2) is 0 Å². The quantitative estimate of drug-likeness (QED) is 0.797. The van der Waals surface area contributed by atoms with E-state index in [1.165, 1.54) is 0 Å². The third-order valence-electron chi connectivity index (χ3n) is 2.22. The Labute approximate surface area is 104 Å². The Balaban J connectivity index is 2.01. The smallest absolute Gasteiger partial charge is 0.282 e. The van der Waals surface area contributed by atoms with Gasteiger partial charge < -0.3 is 0 Å². The Hall–Kier alpha value is -1.73. The van der Waals surface area contributed by atoms with Gasteiger partial charge in [-0.15, -0.1) is 0 Å². The highest BCUT2D eigenvalue weighted by Gasteiger charge is 2.24. The van der Waals surface area contributed by atoms with E-state index in [9.17, 15) is 9.59 Å². The molecular weight excluding hydrogens is 258 g/mol. The van der Waals surface area contributed by atoms with Crippen molar-refractivity contribution >= 4 is 51.7 Å². The van der Waals surface area contributed by atoms with Crippen molar-refractivity contribution in [2.24, 2.45) is 0 Å². The van der Waals surface area contributed by atoms with Gasteiger partial charge in [-0.3, -0.25) is 14.9 Å². The normalized spacial score (nSPS) is 18.0. The van der Waals surface area contributed by atoms with Gasteiger partial charge in [0.05, 0.1) is 16.6 Å². The van der Waals surface area contributed by atoms with Crippen LogP contribution in [-0.4, -0.2) is 19.9 Å². The van der Waals surface area contributed by atoms with Crippen LogP contribution in [0.25, 0.3) is 17.1 Å². The zero-order valence-electron chi connectivity index (χ0n) is 8.34. The minimum absolute atomic E-state index is 0.336. The molecule has 0 bridgehead atoms. The fraction of sp³-hybridized carbons (Fsp3) is 0. The average molecular weight is 263 g/mol. The van der Waals surface area contributed by atoms with E-state index >= 15 is 0 Å². The molecule has 17 heavy (non-hydrogen) atoms. The van der Waals surface area contributed by atoms with Crippen molar-refractivity contribution in [2.45, 2.75) is 0 Å². The molecule has 1 aromatic carbocycles. The lowest BCUT2D eigenvalue weighted by atomic mass is 10.2. The van der Waals surface area contributed by atoms with Crippen LogP contribution in [0, 0.1) is 0 Å². The molecule has 0 atom stereocenters. The zero-order valence-corrected chi connectivity index (χ0v) is 9.97. The summed E-state index contributed by atoms with van der Waals surface area (Å²) in [4.78, 5) is 22.8. The first-order valence-electron chi connectivity index (χ1n) is 4.69. The number of amides is 2. The summed E-state index contributed by atoms with van der Waals surface area (Å²) in [5.41, 5.74) is 2.45. The lowest BCUT2D eigenvalue weighted by Crippen LogP contribution is -2.17. The van der Waals surface area contributed by atoms with Gasteiger partial charge in [0.25, 0.3) is 11.1 Å².